The van der Waals surface area contributed by atoms with Crippen LogP contribution in [0.2, 0.25) is 0 Å². The van der Waals surface area contributed by atoms with E-state index in [2.05, 4.69) is 5.32 Å². The molecular formula is C22H22N2O5. The number of piperidine rings is 1. The van der Waals surface area contributed by atoms with E-state index in [1.165, 1.54) is 0 Å². The Balaban J connectivity index is 1.42. The number of carbonyl (C=O) groups excluding carboxylic acids is 2. The van der Waals surface area contributed by atoms with E-state index in [1.807, 2.05) is 24.3 Å². The van der Waals surface area contributed by atoms with Crippen molar-refractivity contribution in [2.24, 2.45) is 5.92 Å². The molecule has 7 nitrogen and oxygen atoms in total. The van der Waals surface area contributed by atoms with Crippen molar-refractivity contribution in [3.8, 4) is 5.75 Å². The van der Waals surface area contributed by atoms with Gasteiger partial charge < -0.3 is 20.1 Å². The molecule has 1 fully saturated rings. The zero-order chi connectivity index (χ0) is 20.4. The van der Waals surface area contributed by atoms with E-state index in [1.54, 1.807) is 29.2 Å². The number of carboxylic acids is 1. The summed E-state index contributed by atoms with van der Waals surface area (Å²) in [4.78, 5) is 38.2. The number of ether oxygens (including phenoxy) is 1. The van der Waals surface area contributed by atoms with Crippen LogP contribution >= 0.6 is 0 Å². The van der Waals surface area contributed by atoms with Crippen LogP contribution in [0, 0.1) is 5.92 Å². The summed E-state index contributed by atoms with van der Waals surface area (Å²) in [5.41, 5.74) is 1.92. The van der Waals surface area contributed by atoms with E-state index in [0.717, 1.165) is 11.3 Å². The summed E-state index contributed by atoms with van der Waals surface area (Å²) in [6.07, 6.45) is 1.15. The van der Waals surface area contributed by atoms with Crippen molar-refractivity contribution in [1.82, 2.24) is 4.90 Å². The molecule has 1 saturated heterocycles. The summed E-state index contributed by atoms with van der Waals surface area (Å²) < 4.78 is 5.71. The van der Waals surface area contributed by atoms with Crippen LogP contribution in [0.3, 0.4) is 0 Å². The van der Waals surface area contributed by atoms with Crippen LogP contribution in [0.5, 0.6) is 5.75 Å². The highest BCUT2D eigenvalue weighted by molar-refractivity contribution is 5.98. The first-order valence-electron chi connectivity index (χ1n) is 9.69. The number of fused-ring (bicyclic) bond motifs is 1. The zero-order valence-electron chi connectivity index (χ0n) is 15.8. The van der Waals surface area contributed by atoms with E-state index >= 15 is 0 Å². The molecule has 2 atom stereocenters. The largest absolute Gasteiger partial charge is 0.481 e. The molecule has 0 bridgehead atoms. The number of hydrogen-bond donors (Lipinski definition) is 2. The summed E-state index contributed by atoms with van der Waals surface area (Å²) >= 11 is 0. The molecule has 2 aliphatic heterocycles. The molecular weight excluding hydrogens is 372 g/mol. The summed E-state index contributed by atoms with van der Waals surface area (Å²) in [6.45, 7) is 0.742. The van der Waals surface area contributed by atoms with Crippen molar-refractivity contribution in [1.29, 1.82) is 0 Å². The number of likely N-dealkylation sites (tertiary alicyclic amines) is 1. The van der Waals surface area contributed by atoms with Gasteiger partial charge in [0, 0.05) is 30.8 Å². The average molecular weight is 394 g/mol. The van der Waals surface area contributed by atoms with Crippen molar-refractivity contribution in [3.63, 3.8) is 0 Å². The first kappa shape index (κ1) is 19.0. The number of hydrogen-bond acceptors (Lipinski definition) is 4. The fraction of sp³-hybridized carbons (Fsp3) is 0.318. The molecule has 2 aromatic carbocycles. The van der Waals surface area contributed by atoms with Crippen LogP contribution in [0.25, 0.3) is 0 Å². The molecule has 0 aliphatic carbocycles. The molecule has 2 aromatic rings. The number of rotatable bonds is 4. The van der Waals surface area contributed by atoms with Gasteiger partial charge in [-0.1, -0.05) is 24.3 Å². The Morgan fingerprint density at radius 3 is 2.72 bits per heavy atom. The Labute approximate surface area is 168 Å². The molecule has 2 N–H and O–H groups in total. The molecule has 150 valence electrons. The Bertz CT molecular complexity index is 933. The van der Waals surface area contributed by atoms with Gasteiger partial charge in [0.15, 0.2) is 6.10 Å². The highest BCUT2D eigenvalue weighted by Gasteiger charge is 2.30. The maximum Gasteiger partial charge on any atom is 0.308 e. The number of nitrogens with zero attached hydrogens (tertiary/aromatic N) is 1. The highest BCUT2D eigenvalue weighted by atomic mass is 16.5. The van der Waals surface area contributed by atoms with Crippen molar-refractivity contribution in [3.05, 3.63) is 59.7 Å². The Morgan fingerprint density at radius 2 is 1.93 bits per heavy atom. The SMILES string of the molecule is O=C(Nc1cccc(C(=O)N2CCC[C@H](C(=O)O)C2)c1)C1Cc2ccccc2O1. The lowest BCUT2D eigenvalue weighted by atomic mass is 9.97. The van der Waals surface area contributed by atoms with Gasteiger partial charge in [0.2, 0.25) is 0 Å². The van der Waals surface area contributed by atoms with Gasteiger partial charge in [-0.25, -0.2) is 0 Å². The normalized spacial score (nSPS) is 20.5. The quantitative estimate of drug-likeness (QED) is 0.831. The van der Waals surface area contributed by atoms with Crippen LogP contribution < -0.4 is 10.1 Å². The molecule has 7 heteroatoms. The van der Waals surface area contributed by atoms with Gasteiger partial charge in [0.05, 0.1) is 5.92 Å². The smallest absolute Gasteiger partial charge is 0.308 e. The topological polar surface area (TPSA) is 95.9 Å². The number of benzene rings is 2. The zero-order valence-corrected chi connectivity index (χ0v) is 15.8. The molecule has 4 rings (SSSR count). The lowest BCUT2D eigenvalue weighted by Crippen LogP contribution is -2.42. The summed E-state index contributed by atoms with van der Waals surface area (Å²) in [5.74, 6) is -1.18. The van der Waals surface area contributed by atoms with Gasteiger partial charge in [-0.2, -0.15) is 0 Å². The van der Waals surface area contributed by atoms with Crippen LogP contribution in [-0.4, -0.2) is 47.0 Å². The third-order valence-corrected chi connectivity index (χ3v) is 5.37. The van der Waals surface area contributed by atoms with Gasteiger partial charge in [-0.05, 0) is 42.7 Å². The maximum atomic E-state index is 12.8. The molecule has 0 saturated carbocycles. The number of nitrogens with one attached hydrogen (secondary N) is 1. The van der Waals surface area contributed by atoms with Crippen LogP contribution in [0.15, 0.2) is 48.5 Å². The van der Waals surface area contributed by atoms with E-state index < -0.39 is 18.0 Å². The number of para-hydroxylation sites is 1. The Morgan fingerprint density at radius 1 is 1.10 bits per heavy atom. The number of aliphatic carboxylic acids is 1. The molecule has 0 radical (unpaired) electrons. The minimum Gasteiger partial charge on any atom is -0.481 e. The number of carbonyl (C=O) groups is 3. The lowest BCUT2D eigenvalue weighted by molar-refractivity contribution is -0.143. The van der Waals surface area contributed by atoms with Crippen LogP contribution in [-0.2, 0) is 16.0 Å². The summed E-state index contributed by atoms with van der Waals surface area (Å²) in [7, 11) is 0. The Kier molecular flexibility index (Phi) is 5.20. The van der Waals surface area contributed by atoms with Crippen molar-refractivity contribution >= 4 is 23.5 Å². The molecule has 2 heterocycles. The van der Waals surface area contributed by atoms with Crippen LogP contribution in [0.4, 0.5) is 5.69 Å². The third-order valence-electron chi connectivity index (χ3n) is 5.37. The number of amides is 2. The average Bonchev–Trinajstić information content (AvgIpc) is 3.18. The van der Waals surface area contributed by atoms with E-state index in [-0.39, 0.29) is 18.4 Å². The van der Waals surface area contributed by atoms with Gasteiger partial charge >= 0.3 is 5.97 Å². The molecule has 0 aromatic heterocycles. The van der Waals surface area contributed by atoms with Gasteiger partial charge in [0.1, 0.15) is 5.75 Å². The molecule has 2 aliphatic rings. The Hall–Kier alpha value is -3.35. The molecule has 29 heavy (non-hydrogen) atoms. The lowest BCUT2D eigenvalue weighted by Gasteiger charge is -2.30. The van der Waals surface area contributed by atoms with Crippen molar-refractivity contribution < 1.29 is 24.2 Å². The monoisotopic (exact) mass is 394 g/mol. The first-order chi connectivity index (χ1) is 14.0. The summed E-state index contributed by atoms with van der Waals surface area (Å²) in [5, 5.41) is 12.0. The molecule has 2 amide bonds. The first-order valence-corrected chi connectivity index (χ1v) is 9.69. The van der Waals surface area contributed by atoms with E-state index in [4.69, 9.17) is 4.74 Å². The van der Waals surface area contributed by atoms with Crippen LogP contribution in [0.1, 0.15) is 28.8 Å². The van der Waals surface area contributed by atoms with Gasteiger partial charge in [-0.3, -0.25) is 14.4 Å². The second-order valence-electron chi connectivity index (χ2n) is 7.42. The summed E-state index contributed by atoms with van der Waals surface area (Å²) in [6, 6.07) is 14.3. The maximum absolute atomic E-state index is 12.8. The fourth-order valence-electron chi connectivity index (χ4n) is 3.83. The van der Waals surface area contributed by atoms with Crippen molar-refractivity contribution in [2.45, 2.75) is 25.4 Å². The van der Waals surface area contributed by atoms with E-state index in [9.17, 15) is 19.5 Å². The van der Waals surface area contributed by atoms with Crippen molar-refractivity contribution in [2.75, 3.05) is 18.4 Å². The van der Waals surface area contributed by atoms with Gasteiger partial charge in [-0.15, -0.1) is 0 Å². The predicted octanol–water partition coefficient (Wildman–Crippen LogP) is 2.57. The minimum absolute atomic E-state index is 0.207. The number of carboxylic acid groups (broad SMARTS) is 1. The van der Waals surface area contributed by atoms with Gasteiger partial charge in [0.25, 0.3) is 11.8 Å². The number of anilines is 1. The second-order valence-corrected chi connectivity index (χ2v) is 7.42. The standard InChI is InChI=1S/C22H22N2O5/c25-20(19-12-14-5-1-2-9-18(14)29-19)23-17-8-3-6-15(11-17)21(26)24-10-4-7-16(13-24)22(27)28/h1-3,5-6,8-9,11,16,19H,4,7,10,12-13H2,(H,23,25)(H,27,28)/t16-,19?/m0/s1. The van der Waals surface area contributed by atoms with E-state index in [0.29, 0.717) is 37.1 Å². The molecule has 0 spiro atoms. The third kappa shape index (κ3) is 4.08. The molecule has 1 unspecified atom stereocenters. The minimum atomic E-state index is -0.874. The second kappa shape index (κ2) is 7.95. The highest BCUT2D eigenvalue weighted by Crippen LogP contribution is 2.29. The predicted molar refractivity (Wildman–Crippen MR) is 106 cm³/mol. The fourth-order valence-corrected chi connectivity index (χ4v) is 3.83.